The lowest BCUT2D eigenvalue weighted by Crippen LogP contribution is -2.40. The monoisotopic (exact) mass is 253 g/mol. The van der Waals surface area contributed by atoms with E-state index in [1.165, 1.54) is 41.4 Å². The normalized spacial score (nSPS) is 21.9. The first-order valence-electron chi connectivity index (χ1n) is 6.57. The van der Waals surface area contributed by atoms with Gasteiger partial charge in [-0.3, -0.25) is 4.90 Å². The Labute approximate surface area is 108 Å². The van der Waals surface area contributed by atoms with Crippen LogP contribution in [-0.4, -0.2) is 29.0 Å². The number of aryl methyl sites for hydroxylation is 2. The summed E-state index contributed by atoms with van der Waals surface area (Å²) < 4.78 is 0. The van der Waals surface area contributed by atoms with E-state index in [0.29, 0.717) is 6.04 Å². The Balaban J connectivity index is 2.00. The number of piperidine rings is 1. The van der Waals surface area contributed by atoms with E-state index in [4.69, 9.17) is 5.73 Å². The Hall–Kier alpha value is -0.450. The fourth-order valence-electron chi connectivity index (χ4n) is 2.57. The van der Waals surface area contributed by atoms with Gasteiger partial charge in [-0.1, -0.05) is 6.42 Å². The molecule has 2 heterocycles. The summed E-state index contributed by atoms with van der Waals surface area (Å²) in [5.41, 5.74) is 6.90. The molecule has 1 aliphatic rings. The summed E-state index contributed by atoms with van der Waals surface area (Å²) in [6.07, 6.45) is 5.12. The van der Waals surface area contributed by atoms with Crippen molar-refractivity contribution in [3.05, 3.63) is 15.6 Å². The molecule has 1 aromatic rings. The van der Waals surface area contributed by atoms with Gasteiger partial charge in [-0.15, -0.1) is 11.3 Å². The molecule has 1 aliphatic heterocycles. The molecule has 0 radical (unpaired) electrons. The highest BCUT2D eigenvalue weighted by molar-refractivity contribution is 7.11. The molecule has 96 valence electrons. The number of aromatic nitrogens is 1. The van der Waals surface area contributed by atoms with Crippen LogP contribution in [0.25, 0.3) is 0 Å². The SMILES string of the molecule is Cc1nc(CN2CCCCC2CCN)sc1C. The molecule has 1 saturated heterocycles. The van der Waals surface area contributed by atoms with Crippen LogP contribution in [0.15, 0.2) is 0 Å². The zero-order valence-corrected chi connectivity index (χ0v) is 11.7. The second-order valence-corrected chi connectivity index (χ2v) is 6.23. The largest absolute Gasteiger partial charge is 0.330 e. The highest BCUT2D eigenvalue weighted by atomic mass is 32.1. The highest BCUT2D eigenvalue weighted by Gasteiger charge is 2.22. The molecule has 1 aromatic heterocycles. The number of hydrogen-bond acceptors (Lipinski definition) is 4. The van der Waals surface area contributed by atoms with Gasteiger partial charge in [0.15, 0.2) is 0 Å². The Morgan fingerprint density at radius 2 is 2.24 bits per heavy atom. The number of nitrogens with two attached hydrogens (primary N) is 1. The summed E-state index contributed by atoms with van der Waals surface area (Å²) >= 11 is 1.84. The van der Waals surface area contributed by atoms with Gasteiger partial charge < -0.3 is 5.73 Å². The quantitative estimate of drug-likeness (QED) is 0.896. The van der Waals surface area contributed by atoms with E-state index < -0.39 is 0 Å². The summed E-state index contributed by atoms with van der Waals surface area (Å²) in [5, 5.41) is 1.27. The first-order valence-corrected chi connectivity index (χ1v) is 7.39. The molecule has 2 N–H and O–H groups in total. The summed E-state index contributed by atoms with van der Waals surface area (Å²) in [6.45, 7) is 7.29. The molecule has 1 fully saturated rings. The Bertz CT molecular complexity index is 340. The molecule has 4 heteroatoms. The molecular formula is C13H23N3S. The lowest BCUT2D eigenvalue weighted by Gasteiger charge is -2.35. The lowest BCUT2D eigenvalue weighted by atomic mass is 9.99. The third-order valence-corrected chi connectivity index (χ3v) is 4.72. The van der Waals surface area contributed by atoms with E-state index in [0.717, 1.165) is 19.5 Å². The summed E-state index contributed by atoms with van der Waals surface area (Å²) in [7, 11) is 0. The molecular weight excluding hydrogens is 230 g/mol. The predicted octanol–water partition coefficient (Wildman–Crippen LogP) is 2.46. The van der Waals surface area contributed by atoms with Gasteiger partial charge in [-0.05, 0) is 46.2 Å². The van der Waals surface area contributed by atoms with Crippen molar-refractivity contribution >= 4 is 11.3 Å². The van der Waals surface area contributed by atoms with E-state index in [1.807, 2.05) is 11.3 Å². The molecule has 2 rings (SSSR count). The number of rotatable bonds is 4. The van der Waals surface area contributed by atoms with Gasteiger partial charge in [-0.2, -0.15) is 0 Å². The van der Waals surface area contributed by atoms with Crippen LogP contribution >= 0.6 is 11.3 Å². The maximum atomic E-state index is 5.70. The highest BCUT2D eigenvalue weighted by Crippen LogP contribution is 2.24. The minimum absolute atomic E-state index is 0.679. The van der Waals surface area contributed by atoms with E-state index in [1.54, 1.807) is 0 Å². The average Bonchev–Trinajstić information content (AvgIpc) is 2.61. The zero-order valence-electron chi connectivity index (χ0n) is 10.9. The van der Waals surface area contributed by atoms with E-state index in [2.05, 4.69) is 23.7 Å². The van der Waals surface area contributed by atoms with Gasteiger partial charge in [0.2, 0.25) is 0 Å². The van der Waals surface area contributed by atoms with Crippen molar-refractivity contribution < 1.29 is 0 Å². The maximum Gasteiger partial charge on any atom is 0.107 e. The number of hydrogen-bond donors (Lipinski definition) is 1. The van der Waals surface area contributed by atoms with Crippen LogP contribution in [0.4, 0.5) is 0 Å². The van der Waals surface area contributed by atoms with Crippen molar-refractivity contribution in [2.24, 2.45) is 5.73 Å². The van der Waals surface area contributed by atoms with Crippen LogP contribution < -0.4 is 5.73 Å². The van der Waals surface area contributed by atoms with Gasteiger partial charge in [0.1, 0.15) is 5.01 Å². The smallest absolute Gasteiger partial charge is 0.107 e. The van der Waals surface area contributed by atoms with E-state index in [9.17, 15) is 0 Å². The first kappa shape index (κ1) is 13.0. The van der Waals surface area contributed by atoms with E-state index >= 15 is 0 Å². The van der Waals surface area contributed by atoms with Gasteiger partial charge in [0, 0.05) is 10.9 Å². The molecule has 0 bridgehead atoms. The second kappa shape index (κ2) is 5.94. The third-order valence-electron chi connectivity index (χ3n) is 3.66. The molecule has 17 heavy (non-hydrogen) atoms. The van der Waals surface area contributed by atoms with Crippen molar-refractivity contribution in [3.63, 3.8) is 0 Å². The molecule has 0 spiro atoms. The predicted molar refractivity (Wildman–Crippen MR) is 73.3 cm³/mol. The van der Waals surface area contributed by atoms with Crippen LogP contribution in [-0.2, 0) is 6.54 Å². The van der Waals surface area contributed by atoms with Gasteiger partial charge >= 0.3 is 0 Å². The number of likely N-dealkylation sites (tertiary alicyclic amines) is 1. The molecule has 1 unspecified atom stereocenters. The van der Waals surface area contributed by atoms with Crippen molar-refractivity contribution in [2.45, 2.75) is 52.1 Å². The second-order valence-electron chi connectivity index (χ2n) is 4.95. The van der Waals surface area contributed by atoms with Crippen LogP contribution in [0.1, 0.15) is 41.3 Å². The number of nitrogens with zero attached hydrogens (tertiary/aromatic N) is 2. The molecule has 0 aliphatic carbocycles. The molecule has 1 atom stereocenters. The summed E-state index contributed by atoms with van der Waals surface area (Å²) in [6, 6.07) is 0.679. The van der Waals surface area contributed by atoms with Crippen LogP contribution in [0.5, 0.6) is 0 Å². The molecule has 0 amide bonds. The number of thiazole rings is 1. The Morgan fingerprint density at radius 3 is 2.88 bits per heavy atom. The van der Waals surface area contributed by atoms with Gasteiger partial charge in [0.05, 0.1) is 12.2 Å². The topological polar surface area (TPSA) is 42.2 Å². The Morgan fingerprint density at radius 1 is 1.41 bits per heavy atom. The fourth-order valence-corrected chi connectivity index (χ4v) is 3.53. The Kier molecular flexibility index (Phi) is 4.54. The van der Waals surface area contributed by atoms with Crippen molar-refractivity contribution in [3.8, 4) is 0 Å². The van der Waals surface area contributed by atoms with Gasteiger partial charge in [-0.25, -0.2) is 4.98 Å². The minimum atomic E-state index is 0.679. The van der Waals surface area contributed by atoms with Crippen molar-refractivity contribution in [2.75, 3.05) is 13.1 Å². The van der Waals surface area contributed by atoms with Crippen molar-refractivity contribution in [1.29, 1.82) is 0 Å². The van der Waals surface area contributed by atoms with Crippen LogP contribution in [0.3, 0.4) is 0 Å². The average molecular weight is 253 g/mol. The maximum absolute atomic E-state index is 5.70. The standard InChI is InChI=1S/C13H23N3S/c1-10-11(2)17-13(15-10)9-16-8-4-3-5-12(16)6-7-14/h12H,3-9,14H2,1-2H3. The van der Waals surface area contributed by atoms with Crippen LogP contribution in [0, 0.1) is 13.8 Å². The fraction of sp³-hybridized carbons (Fsp3) is 0.769. The summed E-state index contributed by atoms with van der Waals surface area (Å²) in [5.74, 6) is 0. The minimum Gasteiger partial charge on any atom is -0.330 e. The van der Waals surface area contributed by atoms with E-state index in [-0.39, 0.29) is 0 Å². The first-order chi connectivity index (χ1) is 8.20. The third kappa shape index (κ3) is 3.27. The van der Waals surface area contributed by atoms with Crippen molar-refractivity contribution in [1.82, 2.24) is 9.88 Å². The molecule has 0 aromatic carbocycles. The zero-order chi connectivity index (χ0) is 12.3. The molecule has 0 saturated carbocycles. The van der Waals surface area contributed by atoms with Crippen LogP contribution in [0.2, 0.25) is 0 Å². The molecule has 3 nitrogen and oxygen atoms in total. The van der Waals surface area contributed by atoms with Gasteiger partial charge in [0.25, 0.3) is 0 Å². The lowest BCUT2D eigenvalue weighted by molar-refractivity contribution is 0.134. The summed E-state index contributed by atoms with van der Waals surface area (Å²) in [4.78, 5) is 8.58.